The molecule has 18 heavy (non-hydrogen) atoms. The Balaban J connectivity index is 2.86. The summed E-state index contributed by atoms with van der Waals surface area (Å²) in [6.07, 6.45) is 1.15. The number of aliphatic hydroxyl groups is 2. The first-order chi connectivity index (χ1) is 8.37. The first-order valence-corrected chi connectivity index (χ1v) is 6.15. The summed E-state index contributed by atoms with van der Waals surface area (Å²) in [5.41, 5.74) is 0.716. The van der Waals surface area contributed by atoms with Crippen molar-refractivity contribution in [3.05, 3.63) is 42.0 Å². The first-order valence-electron chi connectivity index (χ1n) is 6.15. The van der Waals surface area contributed by atoms with E-state index in [9.17, 15) is 10.2 Å². The summed E-state index contributed by atoms with van der Waals surface area (Å²) in [6, 6.07) is 6.91. The summed E-state index contributed by atoms with van der Waals surface area (Å²) < 4.78 is 0. The highest BCUT2D eigenvalue weighted by Crippen LogP contribution is 2.30. The first kappa shape index (κ1) is 14.7. The summed E-state index contributed by atoms with van der Waals surface area (Å²) in [5, 5.41) is 28.8. The molecule has 0 aliphatic carbocycles. The quantitative estimate of drug-likeness (QED) is 0.679. The summed E-state index contributed by atoms with van der Waals surface area (Å²) in [5.74, 6) is 0.133. The van der Waals surface area contributed by atoms with Crippen LogP contribution >= 0.6 is 0 Å². The van der Waals surface area contributed by atoms with Crippen molar-refractivity contribution in [2.75, 3.05) is 6.61 Å². The van der Waals surface area contributed by atoms with Crippen LogP contribution in [0.1, 0.15) is 25.8 Å². The Hall–Kier alpha value is -1.32. The number of phenols is 1. The van der Waals surface area contributed by atoms with Crippen molar-refractivity contribution >= 4 is 0 Å². The van der Waals surface area contributed by atoms with E-state index in [0.717, 1.165) is 5.56 Å². The molecule has 0 aliphatic rings. The summed E-state index contributed by atoms with van der Waals surface area (Å²) >= 11 is 0. The van der Waals surface area contributed by atoms with Gasteiger partial charge in [0.2, 0.25) is 0 Å². The third-order valence-electron chi connectivity index (χ3n) is 3.55. The van der Waals surface area contributed by atoms with Gasteiger partial charge in [-0.1, -0.05) is 18.7 Å². The molecule has 0 aromatic heterocycles. The highest BCUT2D eigenvalue weighted by molar-refractivity contribution is 5.27. The van der Waals surface area contributed by atoms with Crippen LogP contribution in [0.5, 0.6) is 5.75 Å². The van der Waals surface area contributed by atoms with E-state index in [-0.39, 0.29) is 18.3 Å². The highest BCUT2D eigenvalue weighted by atomic mass is 16.3. The zero-order chi connectivity index (χ0) is 13.8. The van der Waals surface area contributed by atoms with E-state index in [4.69, 9.17) is 5.11 Å². The Morgan fingerprint density at radius 2 is 1.89 bits per heavy atom. The summed E-state index contributed by atoms with van der Waals surface area (Å²) in [4.78, 5) is 0. The van der Waals surface area contributed by atoms with E-state index in [1.807, 2.05) is 12.1 Å². The van der Waals surface area contributed by atoms with Crippen molar-refractivity contribution in [2.45, 2.75) is 32.3 Å². The molecule has 100 valence electrons. The molecule has 0 spiro atoms. The van der Waals surface area contributed by atoms with Gasteiger partial charge in [-0.15, -0.1) is 0 Å². The fraction of sp³-hybridized carbons (Fsp3) is 0.467. The maximum atomic E-state index is 10.4. The van der Waals surface area contributed by atoms with Crippen molar-refractivity contribution in [3.8, 4) is 5.75 Å². The molecule has 1 unspecified atom stereocenters. The Labute approximate surface area is 108 Å². The van der Waals surface area contributed by atoms with E-state index in [1.54, 1.807) is 26.0 Å². The van der Waals surface area contributed by atoms with Gasteiger partial charge in [-0.25, -0.2) is 0 Å². The van der Waals surface area contributed by atoms with Crippen LogP contribution in [0.2, 0.25) is 0 Å². The van der Waals surface area contributed by atoms with Crippen LogP contribution in [0.3, 0.4) is 0 Å². The van der Waals surface area contributed by atoms with Crippen LogP contribution < -0.4 is 0 Å². The minimum Gasteiger partial charge on any atom is -0.508 e. The Morgan fingerprint density at radius 3 is 2.33 bits per heavy atom. The van der Waals surface area contributed by atoms with Crippen molar-refractivity contribution in [1.29, 1.82) is 0 Å². The van der Waals surface area contributed by atoms with Gasteiger partial charge in [-0.3, -0.25) is 0 Å². The van der Waals surface area contributed by atoms with E-state index in [2.05, 4.69) is 6.58 Å². The predicted octanol–water partition coefficient (Wildman–Crippen LogP) is 2.26. The fourth-order valence-corrected chi connectivity index (χ4v) is 2.00. The number of rotatable bonds is 6. The number of aromatic hydroxyl groups is 1. The van der Waals surface area contributed by atoms with Crippen LogP contribution in [-0.2, 0) is 6.42 Å². The molecule has 0 radical (unpaired) electrons. The van der Waals surface area contributed by atoms with Crippen LogP contribution in [0.4, 0.5) is 0 Å². The topological polar surface area (TPSA) is 60.7 Å². The number of hydrogen-bond acceptors (Lipinski definition) is 3. The molecular formula is C15H22O3. The molecular weight excluding hydrogens is 228 g/mol. The molecule has 0 fully saturated rings. The lowest BCUT2D eigenvalue weighted by atomic mass is 9.78. The van der Waals surface area contributed by atoms with Crippen LogP contribution in [0.25, 0.3) is 0 Å². The SMILES string of the molecule is C=C(C)C(C)(O)[C@H](CCO)Cc1ccc(O)cc1. The maximum absolute atomic E-state index is 10.4. The fourth-order valence-electron chi connectivity index (χ4n) is 2.00. The van der Waals surface area contributed by atoms with Crippen LogP contribution in [-0.4, -0.2) is 27.5 Å². The van der Waals surface area contributed by atoms with Crippen molar-refractivity contribution in [1.82, 2.24) is 0 Å². The monoisotopic (exact) mass is 250 g/mol. The van der Waals surface area contributed by atoms with E-state index < -0.39 is 5.60 Å². The number of aliphatic hydroxyl groups excluding tert-OH is 1. The molecule has 2 atom stereocenters. The van der Waals surface area contributed by atoms with Gasteiger partial charge in [-0.2, -0.15) is 0 Å². The minimum absolute atomic E-state index is 0.0339. The number of phenolic OH excluding ortho intramolecular Hbond substituents is 1. The second kappa shape index (κ2) is 6.03. The van der Waals surface area contributed by atoms with Crippen molar-refractivity contribution in [2.24, 2.45) is 5.92 Å². The molecule has 3 nitrogen and oxygen atoms in total. The molecule has 0 saturated carbocycles. The molecule has 1 aromatic rings. The smallest absolute Gasteiger partial charge is 0.115 e. The Morgan fingerprint density at radius 1 is 1.33 bits per heavy atom. The molecule has 0 saturated heterocycles. The van der Waals surface area contributed by atoms with Gasteiger partial charge in [0.25, 0.3) is 0 Å². The zero-order valence-corrected chi connectivity index (χ0v) is 11.1. The zero-order valence-electron chi connectivity index (χ0n) is 11.1. The highest BCUT2D eigenvalue weighted by Gasteiger charge is 2.32. The second-order valence-corrected chi connectivity index (χ2v) is 5.01. The molecule has 1 aromatic carbocycles. The van der Waals surface area contributed by atoms with Crippen LogP contribution in [0, 0.1) is 5.92 Å². The number of hydrogen-bond donors (Lipinski definition) is 3. The standard InChI is InChI=1S/C15H22O3/c1-11(2)15(3,18)13(8-9-16)10-12-4-6-14(17)7-5-12/h4-7,13,16-18H,1,8-10H2,2-3H3/t13-,15?/m1/s1. The molecule has 1 rings (SSSR count). The van der Waals surface area contributed by atoms with Crippen molar-refractivity contribution < 1.29 is 15.3 Å². The van der Waals surface area contributed by atoms with E-state index >= 15 is 0 Å². The summed E-state index contributed by atoms with van der Waals surface area (Å²) in [7, 11) is 0. The van der Waals surface area contributed by atoms with E-state index in [0.29, 0.717) is 18.4 Å². The lowest BCUT2D eigenvalue weighted by molar-refractivity contribution is 0.0229. The predicted molar refractivity (Wildman–Crippen MR) is 72.4 cm³/mol. The lowest BCUT2D eigenvalue weighted by Crippen LogP contribution is -2.37. The molecule has 3 heteroatoms. The average molecular weight is 250 g/mol. The van der Waals surface area contributed by atoms with Gasteiger partial charge >= 0.3 is 0 Å². The van der Waals surface area contributed by atoms with Crippen molar-refractivity contribution in [3.63, 3.8) is 0 Å². The third kappa shape index (κ3) is 3.59. The number of benzene rings is 1. The normalized spacial score (nSPS) is 16.0. The Bertz CT molecular complexity index is 393. The van der Waals surface area contributed by atoms with Gasteiger partial charge < -0.3 is 15.3 Å². The van der Waals surface area contributed by atoms with Crippen LogP contribution in [0.15, 0.2) is 36.4 Å². The third-order valence-corrected chi connectivity index (χ3v) is 3.55. The van der Waals surface area contributed by atoms with E-state index in [1.165, 1.54) is 0 Å². The van der Waals surface area contributed by atoms with Gasteiger partial charge in [-0.05, 0) is 55.9 Å². The Kier molecular flexibility index (Phi) is 4.93. The maximum Gasteiger partial charge on any atom is 0.115 e. The molecule has 0 aliphatic heterocycles. The molecule has 0 bridgehead atoms. The second-order valence-electron chi connectivity index (χ2n) is 5.01. The average Bonchev–Trinajstić information content (AvgIpc) is 2.31. The molecule has 0 amide bonds. The lowest BCUT2D eigenvalue weighted by Gasteiger charge is -2.33. The largest absolute Gasteiger partial charge is 0.508 e. The van der Waals surface area contributed by atoms with Gasteiger partial charge in [0, 0.05) is 6.61 Å². The van der Waals surface area contributed by atoms with Gasteiger partial charge in [0.1, 0.15) is 5.75 Å². The molecule has 3 N–H and O–H groups in total. The minimum atomic E-state index is -0.999. The van der Waals surface area contributed by atoms with Gasteiger partial charge in [0.15, 0.2) is 0 Å². The molecule has 0 heterocycles. The summed E-state index contributed by atoms with van der Waals surface area (Å²) in [6.45, 7) is 7.37. The van der Waals surface area contributed by atoms with Gasteiger partial charge in [0.05, 0.1) is 5.60 Å².